The summed E-state index contributed by atoms with van der Waals surface area (Å²) in [5.41, 5.74) is 10.2. The van der Waals surface area contributed by atoms with Crippen molar-refractivity contribution in [2.45, 2.75) is 26.1 Å². The van der Waals surface area contributed by atoms with Crippen molar-refractivity contribution in [1.82, 2.24) is 14.8 Å². The Bertz CT molecular complexity index is 1100. The van der Waals surface area contributed by atoms with Gasteiger partial charge in [-0.05, 0) is 43.7 Å². The molecular formula is C23H28N6O2. The highest BCUT2D eigenvalue weighted by molar-refractivity contribution is 6.13. The van der Waals surface area contributed by atoms with Gasteiger partial charge >= 0.3 is 0 Å². The average Bonchev–Trinajstić information content (AvgIpc) is 3.14. The molecule has 1 aliphatic rings. The first-order valence-corrected chi connectivity index (χ1v) is 10.3. The Morgan fingerprint density at radius 2 is 1.94 bits per heavy atom. The topological polar surface area (TPSA) is 102 Å². The smallest absolute Gasteiger partial charge is 0.221 e. The van der Waals surface area contributed by atoms with Crippen LogP contribution >= 0.6 is 0 Å². The van der Waals surface area contributed by atoms with Crippen LogP contribution in [0.4, 0.5) is 11.5 Å². The van der Waals surface area contributed by atoms with E-state index in [2.05, 4.69) is 28.8 Å². The molecule has 1 saturated heterocycles. The minimum absolute atomic E-state index is 0.135. The number of hydrogen-bond donors (Lipinski definition) is 2. The summed E-state index contributed by atoms with van der Waals surface area (Å²) in [4.78, 5) is 6.48. The van der Waals surface area contributed by atoms with E-state index in [1.807, 2.05) is 43.4 Å². The zero-order valence-corrected chi connectivity index (χ0v) is 18.3. The van der Waals surface area contributed by atoms with Gasteiger partial charge in [-0.15, -0.1) is 0 Å². The Morgan fingerprint density at radius 3 is 2.65 bits per heavy atom. The molecule has 0 unspecified atom stereocenters. The molecule has 3 aromatic rings. The predicted molar refractivity (Wildman–Crippen MR) is 122 cm³/mol. The Kier molecular flexibility index (Phi) is 5.65. The highest BCUT2D eigenvalue weighted by atomic mass is 16.5. The fraction of sp³-hybridized carbons (Fsp3) is 0.348. The molecular weight excluding hydrogens is 392 g/mol. The van der Waals surface area contributed by atoms with Crippen LogP contribution < -0.4 is 15.4 Å². The second kappa shape index (κ2) is 8.39. The molecule has 0 bridgehead atoms. The molecule has 0 amide bonds. The van der Waals surface area contributed by atoms with Gasteiger partial charge < -0.3 is 20.1 Å². The number of hydrogen-bond acceptors (Lipinski definition) is 7. The number of benzene rings is 1. The van der Waals surface area contributed by atoms with Crippen LogP contribution in [0, 0.1) is 5.41 Å². The van der Waals surface area contributed by atoms with E-state index in [9.17, 15) is 0 Å². The average molecular weight is 421 g/mol. The number of methoxy groups -OCH3 is 1. The maximum atomic E-state index is 8.89. The summed E-state index contributed by atoms with van der Waals surface area (Å²) in [5, 5.41) is 13.5. The molecule has 3 N–H and O–H groups in total. The Labute approximate surface area is 182 Å². The number of pyridine rings is 1. The zero-order chi connectivity index (χ0) is 22.1. The third-order valence-electron chi connectivity index (χ3n) is 5.46. The number of ether oxygens (including phenoxy) is 2. The maximum absolute atomic E-state index is 8.89. The molecule has 2 aromatic heterocycles. The van der Waals surface area contributed by atoms with Crippen molar-refractivity contribution in [2.24, 2.45) is 7.05 Å². The molecule has 0 aliphatic carbocycles. The SMILES string of the molecule is COc1ncccc1-c1ccc(N)c(C(=N)c2cc(N3C[C@@H](C)O[C@@H](C)C3)nn2C)c1. The van der Waals surface area contributed by atoms with Crippen molar-refractivity contribution in [3.05, 3.63) is 53.9 Å². The number of rotatable bonds is 5. The number of anilines is 2. The van der Waals surface area contributed by atoms with Crippen LogP contribution in [0.15, 0.2) is 42.6 Å². The summed E-state index contributed by atoms with van der Waals surface area (Å²) in [6, 6.07) is 11.4. The monoisotopic (exact) mass is 420 g/mol. The number of nitrogens with two attached hydrogens (primary N) is 1. The first kappa shape index (κ1) is 20.9. The summed E-state index contributed by atoms with van der Waals surface area (Å²) in [6.45, 7) is 5.67. The van der Waals surface area contributed by atoms with E-state index in [4.69, 9.17) is 20.6 Å². The van der Waals surface area contributed by atoms with E-state index in [-0.39, 0.29) is 12.2 Å². The molecule has 1 aliphatic heterocycles. The third-order valence-corrected chi connectivity index (χ3v) is 5.46. The van der Waals surface area contributed by atoms with Crippen molar-refractivity contribution < 1.29 is 9.47 Å². The maximum Gasteiger partial charge on any atom is 0.221 e. The second-order valence-electron chi connectivity index (χ2n) is 7.91. The van der Waals surface area contributed by atoms with Gasteiger partial charge in [0.15, 0.2) is 5.82 Å². The van der Waals surface area contributed by atoms with Gasteiger partial charge in [-0.2, -0.15) is 5.10 Å². The quantitative estimate of drug-likeness (QED) is 0.486. The molecule has 8 heteroatoms. The van der Waals surface area contributed by atoms with E-state index in [0.29, 0.717) is 28.5 Å². The number of morpholine rings is 1. The van der Waals surface area contributed by atoms with Gasteiger partial charge in [0.25, 0.3) is 0 Å². The summed E-state index contributed by atoms with van der Waals surface area (Å²) < 4.78 is 13.0. The van der Waals surface area contributed by atoms with Crippen molar-refractivity contribution in [1.29, 1.82) is 5.41 Å². The van der Waals surface area contributed by atoms with E-state index in [1.54, 1.807) is 18.0 Å². The van der Waals surface area contributed by atoms with Crippen LogP contribution in [0.2, 0.25) is 0 Å². The lowest BCUT2D eigenvalue weighted by atomic mass is 9.98. The van der Waals surface area contributed by atoms with E-state index in [0.717, 1.165) is 30.0 Å². The molecule has 3 heterocycles. The molecule has 8 nitrogen and oxygen atoms in total. The van der Waals surface area contributed by atoms with Gasteiger partial charge in [0, 0.05) is 49.2 Å². The van der Waals surface area contributed by atoms with Crippen LogP contribution in [0.5, 0.6) is 5.88 Å². The zero-order valence-electron chi connectivity index (χ0n) is 18.3. The molecule has 4 rings (SSSR count). The number of aryl methyl sites for hydroxylation is 1. The van der Waals surface area contributed by atoms with Gasteiger partial charge in [0.05, 0.1) is 30.7 Å². The molecule has 1 fully saturated rings. The number of nitrogens with one attached hydrogen (secondary N) is 1. The fourth-order valence-electron chi connectivity index (χ4n) is 4.06. The van der Waals surface area contributed by atoms with Crippen molar-refractivity contribution in [2.75, 3.05) is 30.8 Å². The summed E-state index contributed by atoms with van der Waals surface area (Å²) in [6.07, 6.45) is 1.96. The molecule has 1 aromatic carbocycles. The minimum Gasteiger partial charge on any atom is -0.481 e. The van der Waals surface area contributed by atoms with Crippen molar-refractivity contribution in [3.8, 4) is 17.0 Å². The van der Waals surface area contributed by atoms with Crippen LogP contribution in [-0.2, 0) is 11.8 Å². The van der Waals surface area contributed by atoms with Crippen LogP contribution in [0.1, 0.15) is 25.1 Å². The lowest BCUT2D eigenvalue weighted by Crippen LogP contribution is -2.45. The number of nitrogens with zero attached hydrogens (tertiary/aromatic N) is 4. The Hall–Kier alpha value is -3.39. The first-order chi connectivity index (χ1) is 14.9. The van der Waals surface area contributed by atoms with E-state index in [1.165, 1.54) is 0 Å². The largest absolute Gasteiger partial charge is 0.481 e. The summed E-state index contributed by atoms with van der Waals surface area (Å²) >= 11 is 0. The second-order valence-corrected chi connectivity index (χ2v) is 7.91. The highest BCUT2D eigenvalue weighted by Crippen LogP contribution is 2.31. The van der Waals surface area contributed by atoms with E-state index < -0.39 is 0 Å². The number of nitrogen functional groups attached to an aromatic ring is 1. The summed E-state index contributed by atoms with van der Waals surface area (Å²) in [7, 11) is 3.45. The molecule has 0 spiro atoms. The van der Waals surface area contributed by atoms with Gasteiger partial charge in [-0.3, -0.25) is 10.1 Å². The normalized spacial score (nSPS) is 18.8. The van der Waals surface area contributed by atoms with Gasteiger partial charge in [0.2, 0.25) is 5.88 Å². The lowest BCUT2D eigenvalue weighted by Gasteiger charge is -2.35. The minimum atomic E-state index is 0.135. The van der Waals surface area contributed by atoms with Gasteiger partial charge in [-0.1, -0.05) is 6.07 Å². The van der Waals surface area contributed by atoms with Crippen molar-refractivity contribution >= 4 is 17.2 Å². The van der Waals surface area contributed by atoms with Crippen molar-refractivity contribution in [3.63, 3.8) is 0 Å². The standard InChI is InChI=1S/C23H28N6O2/c1-14-12-29(13-15(2)31-14)21-11-20(28(3)27-21)22(25)18-10-16(7-8-19(18)24)17-6-5-9-26-23(17)30-4/h5-11,14-15,25H,12-13,24H2,1-4H3/t14-,15+. The Balaban J connectivity index is 1.68. The predicted octanol–water partition coefficient (Wildman–Crippen LogP) is 3.10. The third kappa shape index (κ3) is 4.11. The van der Waals surface area contributed by atoms with Crippen LogP contribution in [-0.4, -0.2) is 52.9 Å². The van der Waals surface area contributed by atoms with Crippen LogP contribution in [0.25, 0.3) is 11.1 Å². The van der Waals surface area contributed by atoms with Gasteiger partial charge in [-0.25, -0.2) is 4.98 Å². The lowest BCUT2D eigenvalue weighted by molar-refractivity contribution is -0.00548. The molecule has 31 heavy (non-hydrogen) atoms. The fourth-order valence-corrected chi connectivity index (χ4v) is 4.06. The number of aromatic nitrogens is 3. The molecule has 162 valence electrons. The summed E-state index contributed by atoms with van der Waals surface area (Å²) in [5.74, 6) is 1.37. The van der Waals surface area contributed by atoms with E-state index >= 15 is 0 Å². The molecule has 0 radical (unpaired) electrons. The Morgan fingerprint density at radius 1 is 1.19 bits per heavy atom. The van der Waals surface area contributed by atoms with Gasteiger partial charge in [0.1, 0.15) is 0 Å². The highest BCUT2D eigenvalue weighted by Gasteiger charge is 2.25. The molecule has 2 atom stereocenters. The molecule has 0 saturated carbocycles. The van der Waals surface area contributed by atoms with Crippen LogP contribution in [0.3, 0.4) is 0 Å². The first-order valence-electron chi connectivity index (χ1n) is 10.3.